The molecule has 0 spiro atoms. The molecule has 0 unspecified atom stereocenters. The summed E-state index contributed by atoms with van der Waals surface area (Å²) in [5, 5.41) is 6.27. The number of carbonyl (C=O) groups excluding carboxylic acids is 1. The van der Waals surface area contributed by atoms with E-state index in [9.17, 15) is 13.2 Å². The maximum atomic E-state index is 13.2. The zero-order chi connectivity index (χ0) is 22.8. The Kier molecular flexibility index (Phi) is 5.79. The first-order chi connectivity index (χ1) is 16.0. The molecule has 1 fully saturated rings. The number of para-hydroxylation sites is 1. The minimum Gasteiger partial charge on any atom is -0.333 e. The molecule has 1 saturated heterocycles. The quantitative estimate of drug-likeness (QED) is 0.439. The lowest BCUT2D eigenvalue weighted by Gasteiger charge is -2.33. The van der Waals surface area contributed by atoms with Crippen LogP contribution in [0.5, 0.6) is 0 Å². The van der Waals surface area contributed by atoms with Crippen LogP contribution in [0.3, 0.4) is 0 Å². The van der Waals surface area contributed by atoms with Crippen molar-refractivity contribution in [3.8, 4) is 17.1 Å². The van der Waals surface area contributed by atoms with Crippen LogP contribution in [0.15, 0.2) is 82.4 Å². The van der Waals surface area contributed by atoms with Gasteiger partial charge in [-0.3, -0.25) is 4.79 Å². The van der Waals surface area contributed by atoms with Gasteiger partial charge in [-0.25, -0.2) is 18.1 Å². The van der Waals surface area contributed by atoms with E-state index in [1.54, 1.807) is 27.1 Å². The molecule has 0 radical (unpaired) electrons. The van der Waals surface area contributed by atoms with E-state index in [-0.39, 0.29) is 37.9 Å². The molecule has 0 atom stereocenters. The number of nitrogens with zero attached hydrogens (tertiary/aromatic N) is 5. The van der Waals surface area contributed by atoms with E-state index >= 15 is 0 Å². The molecule has 0 N–H and O–H groups in total. The Labute approximate surface area is 195 Å². The van der Waals surface area contributed by atoms with Crippen LogP contribution in [0.25, 0.3) is 17.1 Å². The third-order valence-electron chi connectivity index (χ3n) is 5.45. The average molecular weight is 480 g/mol. The molecule has 33 heavy (non-hydrogen) atoms. The number of hydrogen-bond donors (Lipinski definition) is 0. The van der Waals surface area contributed by atoms with Crippen molar-refractivity contribution >= 4 is 27.3 Å². The summed E-state index contributed by atoms with van der Waals surface area (Å²) in [7, 11) is -3.53. The number of aromatic nitrogens is 3. The first-order valence-corrected chi connectivity index (χ1v) is 12.8. The molecule has 3 heterocycles. The summed E-state index contributed by atoms with van der Waals surface area (Å²) in [5.41, 5.74) is 1.65. The second-order valence-electron chi connectivity index (χ2n) is 7.50. The van der Waals surface area contributed by atoms with E-state index in [0.717, 1.165) is 11.3 Å². The molecule has 0 aliphatic carbocycles. The number of rotatable bonds is 5. The standard InChI is InChI=1S/C23H21N5O3S2/c29-23(26-13-15-27(16-14-26)33(30,31)20-12-7-17-32-20)21-24-22(18-8-3-1-4-9-18)28(25-21)19-10-5-2-6-11-19/h1-12,17H,13-16H2. The number of sulfonamides is 1. The highest BCUT2D eigenvalue weighted by atomic mass is 32.2. The van der Waals surface area contributed by atoms with Crippen LogP contribution in [0.4, 0.5) is 0 Å². The van der Waals surface area contributed by atoms with Gasteiger partial charge in [-0.15, -0.1) is 16.4 Å². The number of amides is 1. The number of piperazine rings is 1. The highest BCUT2D eigenvalue weighted by Crippen LogP contribution is 2.24. The van der Waals surface area contributed by atoms with Crippen molar-refractivity contribution in [2.24, 2.45) is 0 Å². The number of hydrogen-bond acceptors (Lipinski definition) is 6. The minimum absolute atomic E-state index is 0.0901. The van der Waals surface area contributed by atoms with E-state index in [4.69, 9.17) is 0 Å². The van der Waals surface area contributed by atoms with Crippen molar-refractivity contribution < 1.29 is 13.2 Å². The van der Waals surface area contributed by atoms with Crippen LogP contribution < -0.4 is 0 Å². The van der Waals surface area contributed by atoms with E-state index in [1.807, 2.05) is 60.7 Å². The van der Waals surface area contributed by atoms with Crippen LogP contribution in [-0.4, -0.2) is 64.5 Å². The van der Waals surface area contributed by atoms with Crippen molar-refractivity contribution in [2.75, 3.05) is 26.2 Å². The van der Waals surface area contributed by atoms with E-state index < -0.39 is 10.0 Å². The third kappa shape index (κ3) is 4.20. The van der Waals surface area contributed by atoms with Gasteiger partial charge < -0.3 is 4.90 Å². The van der Waals surface area contributed by atoms with Crippen LogP contribution in [0.1, 0.15) is 10.6 Å². The first-order valence-electron chi connectivity index (χ1n) is 10.4. The van der Waals surface area contributed by atoms with Crippen LogP contribution in [-0.2, 0) is 10.0 Å². The molecule has 1 aliphatic heterocycles. The lowest BCUT2D eigenvalue weighted by atomic mass is 10.2. The highest BCUT2D eigenvalue weighted by molar-refractivity contribution is 7.91. The van der Waals surface area contributed by atoms with Gasteiger partial charge in [0.1, 0.15) is 4.21 Å². The predicted molar refractivity (Wildman–Crippen MR) is 126 cm³/mol. The fourth-order valence-corrected chi connectivity index (χ4v) is 6.30. The summed E-state index contributed by atoms with van der Waals surface area (Å²) in [4.78, 5) is 19.4. The Morgan fingerprint density at radius 1 is 0.848 bits per heavy atom. The zero-order valence-electron chi connectivity index (χ0n) is 17.6. The van der Waals surface area contributed by atoms with Crippen molar-refractivity contribution in [3.63, 3.8) is 0 Å². The fraction of sp³-hybridized carbons (Fsp3) is 0.174. The molecule has 168 valence electrons. The maximum Gasteiger partial charge on any atom is 0.293 e. The summed E-state index contributed by atoms with van der Waals surface area (Å²) >= 11 is 1.19. The SMILES string of the molecule is O=C(c1nc(-c2ccccc2)n(-c2ccccc2)n1)N1CCN(S(=O)(=O)c2cccs2)CC1. The van der Waals surface area contributed by atoms with Crippen LogP contribution in [0, 0.1) is 0 Å². The Bertz CT molecular complexity index is 1290. The monoisotopic (exact) mass is 479 g/mol. The topological polar surface area (TPSA) is 88.4 Å². The van der Waals surface area contributed by atoms with Gasteiger partial charge in [0.05, 0.1) is 5.69 Å². The number of thiophene rings is 1. The molecule has 10 heteroatoms. The van der Waals surface area contributed by atoms with E-state index in [0.29, 0.717) is 10.0 Å². The lowest BCUT2D eigenvalue weighted by molar-refractivity contribution is 0.0686. The second kappa shape index (κ2) is 8.89. The molecule has 0 bridgehead atoms. The molecule has 8 nitrogen and oxygen atoms in total. The average Bonchev–Trinajstić information content (AvgIpc) is 3.56. The van der Waals surface area contributed by atoms with Crippen molar-refractivity contribution in [1.29, 1.82) is 0 Å². The number of benzene rings is 2. The first kappa shape index (κ1) is 21.5. The Balaban J connectivity index is 1.39. The lowest BCUT2D eigenvalue weighted by Crippen LogP contribution is -2.50. The summed E-state index contributed by atoms with van der Waals surface area (Å²) in [6, 6.07) is 22.4. The Morgan fingerprint density at radius 2 is 1.52 bits per heavy atom. The summed E-state index contributed by atoms with van der Waals surface area (Å²) in [5.74, 6) is 0.353. The van der Waals surface area contributed by atoms with Crippen LogP contribution in [0.2, 0.25) is 0 Å². The van der Waals surface area contributed by atoms with E-state index in [2.05, 4.69) is 10.1 Å². The summed E-state index contributed by atoms with van der Waals surface area (Å²) in [6.07, 6.45) is 0. The highest BCUT2D eigenvalue weighted by Gasteiger charge is 2.32. The maximum absolute atomic E-state index is 13.2. The largest absolute Gasteiger partial charge is 0.333 e. The molecular formula is C23H21N5O3S2. The number of carbonyl (C=O) groups is 1. The molecule has 1 aliphatic rings. The summed E-state index contributed by atoms with van der Waals surface area (Å²) in [6.45, 7) is 1.03. The second-order valence-corrected chi connectivity index (χ2v) is 10.6. The van der Waals surface area contributed by atoms with Gasteiger partial charge in [0.2, 0.25) is 5.82 Å². The molecular weight excluding hydrogens is 458 g/mol. The molecule has 4 aromatic rings. The molecule has 5 rings (SSSR count). The Morgan fingerprint density at radius 3 is 2.15 bits per heavy atom. The van der Waals surface area contributed by atoms with Gasteiger partial charge in [0.15, 0.2) is 5.82 Å². The van der Waals surface area contributed by atoms with Crippen molar-refractivity contribution in [1.82, 2.24) is 24.0 Å². The fourth-order valence-electron chi connectivity index (χ4n) is 3.74. The van der Waals surface area contributed by atoms with E-state index in [1.165, 1.54) is 15.6 Å². The van der Waals surface area contributed by atoms with Crippen LogP contribution >= 0.6 is 11.3 Å². The normalized spacial score (nSPS) is 15.0. The van der Waals surface area contributed by atoms with Gasteiger partial charge in [0, 0.05) is 31.7 Å². The molecule has 1 amide bonds. The zero-order valence-corrected chi connectivity index (χ0v) is 19.2. The third-order valence-corrected chi connectivity index (χ3v) is 8.72. The summed E-state index contributed by atoms with van der Waals surface area (Å²) < 4.78 is 28.9. The smallest absolute Gasteiger partial charge is 0.293 e. The molecule has 2 aromatic heterocycles. The van der Waals surface area contributed by atoms with Gasteiger partial charge >= 0.3 is 0 Å². The molecule has 0 saturated carbocycles. The van der Waals surface area contributed by atoms with Crippen molar-refractivity contribution in [2.45, 2.75) is 4.21 Å². The Hall–Kier alpha value is -3.34. The van der Waals surface area contributed by atoms with Gasteiger partial charge in [-0.1, -0.05) is 54.6 Å². The van der Waals surface area contributed by atoms with Gasteiger partial charge in [-0.2, -0.15) is 4.31 Å². The van der Waals surface area contributed by atoms with Crippen molar-refractivity contribution in [3.05, 3.63) is 84.0 Å². The van der Waals surface area contributed by atoms with Gasteiger partial charge in [0.25, 0.3) is 15.9 Å². The predicted octanol–water partition coefficient (Wildman–Crippen LogP) is 3.14. The van der Waals surface area contributed by atoms with Gasteiger partial charge in [-0.05, 0) is 23.6 Å². The minimum atomic E-state index is -3.53. The molecule has 2 aromatic carbocycles.